The van der Waals surface area contributed by atoms with Gasteiger partial charge in [0.05, 0.1) is 36.4 Å². The summed E-state index contributed by atoms with van der Waals surface area (Å²) in [7, 11) is 1.64. The number of aliphatic hydroxyl groups is 2. The van der Waals surface area contributed by atoms with Gasteiger partial charge in [0, 0.05) is 5.56 Å². The highest BCUT2D eigenvalue weighted by Gasteiger charge is 2.18. The minimum atomic E-state index is -0.716. The summed E-state index contributed by atoms with van der Waals surface area (Å²) in [6.07, 6.45) is -0.170. The molecule has 2 N–H and O–H groups in total. The molecule has 0 aliphatic carbocycles. The fourth-order valence-corrected chi connectivity index (χ4v) is 2.84. The maximum atomic E-state index is 10.5. The van der Waals surface area contributed by atoms with Crippen molar-refractivity contribution in [1.29, 1.82) is 0 Å². The van der Waals surface area contributed by atoms with E-state index in [1.54, 1.807) is 14.0 Å². The molecule has 3 rings (SSSR count). The summed E-state index contributed by atoms with van der Waals surface area (Å²) >= 11 is 0. The van der Waals surface area contributed by atoms with E-state index in [1.165, 1.54) is 0 Å². The van der Waals surface area contributed by atoms with Crippen LogP contribution in [0.5, 0.6) is 5.75 Å². The Morgan fingerprint density at radius 1 is 1.00 bits per heavy atom. The van der Waals surface area contributed by atoms with Crippen LogP contribution in [0.3, 0.4) is 0 Å². The van der Waals surface area contributed by atoms with E-state index in [9.17, 15) is 10.2 Å². The summed E-state index contributed by atoms with van der Waals surface area (Å²) in [4.78, 5) is 0. The lowest BCUT2D eigenvalue weighted by Gasteiger charge is -2.09. The summed E-state index contributed by atoms with van der Waals surface area (Å²) in [6, 6.07) is 19.5. The third-order valence-corrected chi connectivity index (χ3v) is 4.31. The minimum absolute atomic E-state index is 0.443. The number of benzene rings is 2. The van der Waals surface area contributed by atoms with Gasteiger partial charge in [-0.2, -0.15) is 5.10 Å². The first-order valence-corrected chi connectivity index (χ1v) is 8.74. The van der Waals surface area contributed by atoms with Gasteiger partial charge >= 0.3 is 0 Å². The quantitative estimate of drug-likeness (QED) is 0.680. The summed E-state index contributed by atoms with van der Waals surface area (Å²) in [5, 5.41) is 24.6. The monoisotopic (exact) mass is 352 g/mol. The van der Waals surface area contributed by atoms with Gasteiger partial charge in [-0.15, -0.1) is 0 Å². The molecule has 0 radical (unpaired) electrons. The van der Waals surface area contributed by atoms with Crippen LogP contribution >= 0.6 is 0 Å². The molecule has 0 saturated carbocycles. The number of ether oxygens (including phenoxy) is 1. The molecule has 26 heavy (non-hydrogen) atoms. The Labute approximate surface area is 153 Å². The molecule has 0 amide bonds. The van der Waals surface area contributed by atoms with Gasteiger partial charge in [-0.1, -0.05) is 18.2 Å². The second-order valence-corrected chi connectivity index (χ2v) is 6.37. The topological polar surface area (TPSA) is 67.5 Å². The van der Waals surface area contributed by atoms with Gasteiger partial charge < -0.3 is 14.9 Å². The molecular weight excluding hydrogens is 328 g/mol. The fraction of sp³-hybridized carbons (Fsp3) is 0.286. The van der Waals surface area contributed by atoms with Crippen molar-refractivity contribution in [2.24, 2.45) is 0 Å². The third kappa shape index (κ3) is 4.12. The Hall–Kier alpha value is -2.63. The number of methoxy groups -OCH3 is 1. The third-order valence-electron chi connectivity index (χ3n) is 4.31. The van der Waals surface area contributed by atoms with Crippen molar-refractivity contribution in [2.45, 2.75) is 32.0 Å². The van der Waals surface area contributed by atoms with Crippen molar-refractivity contribution >= 4 is 0 Å². The number of hydrogen-bond donors (Lipinski definition) is 2. The molecule has 5 nitrogen and oxygen atoms in total. The average molecular weight is 352 g/mol. The van der Waals surface area contributed by atoms with Crippen LogP contribution in [0.25, 0.3) is 16.9 Å². The maximum Gasteiger partial charge on any atom is 0.118 e. The molecule has 3 aromatic rings. The van der Waals surface area contributed by atoms with Gasteiger partial charge in [-0.3, -0.25) is 0 Å². The highest BCUT2D eigenvalue weighted by Crippen LogP contribution is 2.29. The lowest BCUT2D eigenvalue weighted by Crippen LogP contribution is -2.06. The Balaban J connectivity index is 2.00. The van der Waals surface area contributed by atoms with Crippen molar-refractivity contribution in [3.05, 3.63) is 66.4 Å². The molecule has 0 aliphatic rings. The zero-order valence-electron chi connectivity index (χ0n) is 15.0. The number of aromatic nitrogens is 2. The van der Waals surface area contributed by atoms with Crippen molar-refractivity contribution < 1.29 is 14.9 Å². The molecule has 1 heterocycles. The van der Waals surface area contributed by atoms with E-state index in [0.29, 0.717) is 18.5 Å². The molecule has 0 spiro atoms. The number of hydrogen-bond acceptors (Lipinski definition) is 4. The van der Waals surface area contributed by atoms with Crippen LogP contribution in [-0.4, -0.2) is 33.2 Å². The number of rotatable bonds is 7. The summed E-state index contributed by atoms with van der Waals surface area (Å²) in [6.45, 7) is 1.72. The lowest BCUT2D eigenvalue weighted by atomic mass is 10.1. The zero-order chi connectivity index (χ0) is 18.5. The van der Waals surface area contributed by atoms with Crippen LogP contribution < -0.4 is 4.74 Å². The predicted octanol–water partition coefficient (Wildman–Crippen LogP) is 3.74. The smallest absolute Gasteiger partial charge is 0.118 e. The van der Waals surface area contributed by atoms with Crippen molar-refractivity contribution in [3.63, 3.8) is 0 Å². The van der Waals surface area contributed by atoms with Crippen molar-refractivity contribution in [1.82, 2.24) is 9.78 Å². The largest absolute Gasteiger partial charge is 0.497 e. The summed E-state index contributed by atoms with van der Waals surface area (Å²) in [5.41, 5.74) is 3.40. The van der Waals surface area contributed by atoms with Crippen LogP contribution in [0.2, 0.25) is 0 Å². The van der Waals surface area contributed by atoms with Gasteiger partial charge in [-0.05, 0) is 62.2 Å². The second kappa shape index (κ2) is 8.17. The van der Waals surface area contributed by atoms with E-state index in [1.807, 2.05) is 65.3 Å². The SMILES string of the molecule is COc1ccc(-c2cc(C(O)CCC(C)O)nn2-c2ccccc2)cc1. The molecule has 1 aromatic heterocycles. The van der Waals surface area contributed by atoms with Crippen LogP contribution in [-0.2, 0) is 0 Å². The molecule has 0 saturated heterocycles. The molecule has 0 bridgehead atoms. The molecule has 0 fully saturated rings. The van der Waals surface area contributed by atoms with E-state index >= 15 is 0 Å². The fourth-order valence-electron chi connectivity index (χ4n) is 2.84. The summed E-state index contributed by atoms with van der Waals surface area (Å²) < 4.78 is 7.07. The Bertz CT molecular complexity index is 826. The average Bonchev–Trinajstić information content (AvgIpc) is 3.12. The highest BCUT2D eigenvalue weighted by atomic mass is 16.5. The number of para-hydroxylation sites is 1. The first-order chi connectivity index (χ1) is 12.6. The van der Waals surface area contributed by atoms with Crippen LogP contribution in [0, 0.1) is 0 Å². The van der Waals surface area contributed by atoms with Gasteiger partial charge in [-0.25, -0.2) is 4.68 Å². The van der Waals surface area contributed by atoms with Gasteiger partial charge in [0.15, 0.2) is 0 Å². The standard InChI is InChI=1S/C21H24N2O3/c1-15(24)8-13-21(25)19-14-20(16-9-11-18(26-2)12-10-16)23(22-19)17-6-4-3-5-7-17/h3-7,9-12,14-15,21,24-25H,8,13H2,1-2H3. The van der Waals surface area contributed by atoms with Crippen LogP contribution in [0.4, 0.5) is 0 Å². The van der Waals surface area contributed by atoms with Gasteiger partial charge in [0.1, 0.15) is 5.75 Å². The van der Waals surface area contributed by atoms with E-state index in [-0.39, 0.29) is 0 Å². The Kier molecular flexibility index (Phi) is 5.71. The number of nitrogens with zero attached hydrogens (tertiary/aromatic N) is 2. The van der Waals surface area contributed by atoms with E-state index in [4.69, 9.17) is 4.74 Å². The molecule has 136 valence electrons. The normalized spacial score (nSPS) is 13.4. The Morgan fingerprint density at radius 3 is 2.31 bits per heavy atom. The first-order valence-electron chi connectivity index (χ1n) is 8.74. The molecule has 0 aliphatic heterocycles. The molecule has 2 atom stereocenters. The lowest BCUT2D eigenvalue weighted by molar-refractivity contribution is 0.120. The van der Waals surface area contributed by atoms with E-state index in [0.717, 1.165) is 22.7 Å². The minimum Gasteiger partial charge on any atom is -0.497 e. The summed E-state index contributed by atoms with van der Waals surface area (Å²) in [5.74, 6) is 0.789. The first kappa shape index (κ1) is 18.2. The number of aliphatic hydroxyl groups excluding tert-OH is 2. The highest BCUT2D eigenvalue weighted by molar-refractivity contribution is 5.63. The molecule has 5 heteroatoms. The van der Waals surface area contributed by atoms with Crippen LogP contribution in [0.15, 0.2) is 60.7 Å². The Morgan fingerprint density at radius 2 is 1.69 bits per heavy atom. The van der Waals surface area contributed by atoms with E-state index in [2.05, 4.69) is 5.10 Å². The maximum absolute atomic E-state index is 10.5. The second-order valence-electron chi connectivity index (χ2n) is 6.37. The van der Waals surface area contributed by atoms with Gasteiger partial charge in [0.25, 0.3) is 0 Å². The zero-order valence-corrected chi connectivity index (χ0v) is 15.0. The van der Waals surface area contributed by atoms with Crippen LogP contribution in [0.1, 0.15) is 31.6 Å². The van der Waals surface area contributed by atoms with Crippen molar-refractivity contribution in [2.75, 3.05) is 7.11 Å². The molecule has 2 aromatic carbocycles. The molecular formula is C21H24N2O3. The molecule has 2 unspecified atom stereocenters. The van der Waals surface area contributed by atoms with E-state index < -0.39 is 12.2 Å². The predicted molar refractivity (Wildman–Crippen MR) is 101 cm³/mol. The van der Waals surface area contributed by atoms with Crippen molar-refractivity contribution in [3.8, 4) is 22.7 Å². The van der Waals surface area contributed by atoms with Gasteiger partial charge in [0.2, 0.25) is 0 Å².